The van der Waals surface area contributed by atoms with Gasteiger partial charge in [0.15, 0.2) is 5.82 Å². The first-order chi connectivity index (χ1) is 14.9. The number of fused-ring (bicyclic) bond motifs is 3. The minimum atomic E-state index is -0.524. The Labute approximate surface area is 190 Å². The molecule has 0 unspecified atom stereocenters. The zero-order valence-corrected chi connectivity index (χ0v) is 20.6. The highest BCUT2D eigenvalue weighted by Gasteiger charge is 2.16. The molecule has 0 aliphatic rings. The number of nitrogens with zero attached hydrogens (tertiary/aromatic N) is 3. The van der Waals surface area contributed by atoms with Gasteiger partial charge in [-0.3, -0.25) is 0 Å². The van der Waals surface area contributed by atoms with Crippen LogP contribution in [0.1, 0.15) is 54.3 Å². The molecule has 1 aromatic carbocycles. The maximum absolute atomic E-state index is 11.6. The fraction of sp³-hybridized carbons (Fsp3) is 0.542. The highest BCUT2D eigenvalue weighted by atomic mass is 16.6. The maximum Gasteiger partial charge on any atom is 0.407 e. The Morgan fingerprint density at radius 1 is 1.22 bits per heavy atom. The molecule has 0 aliphatic heterocycles. The Bertz CT molecular complexity index is 1060. The van der Waals surface area contributed by atoms with Crippen molar-refractivity contribution in [1.82, 2.24) is 19.9 Å². The number of aromatic nitrogens is 3. The molecule has 0 atom stereocenters. The lowest BCUT2D eigenvalue weighted by molar-refractivity contribution is 0.0520. The number of alkyl carbamates (subject to hydrolysis) is 1. The van der Waals surface area contributed by atoms with Gasteiger partial charge in [0.2, 0.25) is 0 Å². The number of benzene rings is 1. The summed E-state index contributed by atoms with van der Waals surface area (Å²) in [5.74, 6) is 2.80. The van der Waals surface area contributed by atoms with Gasteiger partial charge in [-0.2, -0.15) is 0 Å². The molecule has 1 amide bonds. The van der Waals surface area contributed by atoms with Gasteiger partial charge in [-0.25, -0.2) is 14.8 Å². The van der Waals surface area contributed by atoms with Crippen LogP contribution in [0.4, 0.5) is 10.6 Å². The van der Waals surface area contributed by atoms with E-state index in [1.54, 1.807) is 0 Å². The molecule has 176 valence electrons. The van der Waals surface area contributed by atoms with E-state index in [9.17, 15) is 4.79 Å². The summed E-state index contributed by atoms with van der Waals surface area (Å²) in [5, 5.41) is 3.64. The Morgan fingerprint density at radius 3 is 2.47 bits per heavy atom. The number of hydrogen-bond acceptors (Lipinski definition) is 6. The lowest BCUT2D eigenvalue weighted by Gasteiger charge is -2.19. The summed E-state index contributed by atoms with van der Waals surface area (Å²) in [7, 11) is 0. The first-order valence-electron chi connectivity index (χ1n) is 11.1. The zero-order valence-electron chi connectivity index (χ0n) is 20.6. The number of pyridine rings is 1. The standard InChI is InChI=1S/C20H27N5O3.C4H10/c1-6-25-12(2)23-16-17(25)14-8-7-13(11-15(14)24-18(16)21)27-10-9-22-19(26)28-20(3,4)5;1-4(2)3/h7-8,11H,6,9-10H2,1-5H3,(H2,21,24)(H,22,26);4H,1-3H3. The Balaban J connectivity index is 0.000000837. The molecule has 3 N–H and O–H groups in total. The van der Waals surface area contributed by atoms with Crippen molar-refractivity contribution in [2.24, 2.45) is 5.92 Å². The fourth-order valence-electron chi connectivity index (χ4n) is 3.12. The number of imidazole rings is 1. The summed E-state index contributed by atoms with van der Waals surface area (Å²) < 4.78 is 13.0. The summed E-state index contributed by atoms with van der Waals surface area (Å²) in [5.41, 5.74) is 8.06. The van der Waals surface area contributed by atoms with Crippen molar-refractivity contribution < 1.29 is 14.3 Å². The molecule has 2 aromatic heterocycles. The molecular formula is C24H37N5O3. The van der Waals surface area contributed by atoms with E-state index < -0.39 is 11.7 Å². The second-order valence-electron chi connectivity index (χ2n) is 9.29. The first-order valence-corrected chi connectivity index (χ1v) is 11.1. The van der Waals surface area contributed by atoms with E-state index >= 15 is 0 Å². The minimum absolute atomic E-state index is 0.314. The highest BCUT2D eigenvalue weighted by Crippen LogP contribution is 2.30. The number of anilines is 1. The maximum atomic E-state index is 11.6. The van der Waals surface area contributed by atoms with E-state index in [2.05, 4.69) is 47.5 Å². The molecule has 0 radical (unpaired) electrons. The molecule has 0 aliphatic carbocycles. The van der Waals surface area contributed by atoms with Gasteiger partial charge in [0.1, 0.15) is 29.3 Å². The average molecular weight is 444 g/mol. The molecule has 3 rings (SSSR count). The van der Waals surface area contributed by atoms with Crippen LogP contribution in [0.3, 0.4) is 0 Å². The van der Waals surface area contributed by atoms with Crippen molar-refractivity contribution in [3.8, 4) is 5.75 Å². The van der Waals surface area contributed by atoms with Gasteiger partial charge in [0.25, 0.3) is 0 Å². The molecule has 3 aromatic rings. The Hall–Kier alpha value is -3.03. The molecule has 0 spiro atoms. The molecule has 8 nitrogen and oxygen atoms in total. The van der Waals surface area contributed by atoms with Crippen LogP contribution in [0.15, 0.2) is 18.2 Å². The van der Waals surface area contributed by atoms with Gasteiger partial charge in [-0.05, 0) is 52.7 Å². The number of ether oxygens (including phenoxy) is 2. The fourth-order valence-corrected chi connectivity index (χ4v) is 3.12. The van der Waals surface area contributed by atoms with Gasteiger partial charge >= 0.3 is 6.09 Å². The average Bonchev–Trinajstić information content (AvgIpc) is 3.00. The van der Waals surface area contributed by atoms with Crippen LogP contribution in [0, 0.1) is 12.8 Å². The highest BCUT2D eigenvalue weighted by molar-refractivity contribution is 6.06. The van der Waals surface area contributed by atoms with Gasteiger partial charge in [-0.1, -0.05) is 20.8 Å². The van der Waals surface area contributed by atoms with Crippen molar-refractivity contribution in [2.45, 2.75) is 67.5 Å². The largest absolute Gasteiger partial charge is 0.492 e. The molecule has 0 saturated heterocycles. The topological polar surface area (TPSA) is 104 Å². The molecule has 2 heterocycles. The van der Waals surface area contributed by atoms with Crippen LogP contribution in [-0.4, -0.2) is 39.4 Å². The predicted octanol–water partition coefficient (Wildman–Crippen LogP) is 5.06. The van der Waals surface area contributed by atoms with Gasteiger partial charge in [0, 0.05) is 18.0 Å². The van der Waals surface area contributed by atoms with E-state index in [1.165, 1.54) is 0 Å². The number of nitrogens with two attached hydrogens (primary N) is 1. The number of rotatable bonds is 5. The van der Waals surface area contributed by atoms with Crippen molar-refractivity contribution in [1.29, 1.82) is 0 Å². The van der Waals surface area contributed by atoms with Gasteiger partial charge < -0.3 is 25.1 Å². The molecule has 0 bridgehead atoms. The first kappa shape index (κ1) is 25.2. The molecular weight excluding hydrogens is 406 g/mol. The van der Waals surface area contributed by atoms with Crippen LogP contribution in [-0.2, 0) is 11.3 Å². The van der Waals surface area contributed by atoms with E-state index in [0.717, 1.165) is 40.2 Å². The Kier molecular flexibility index (Phi) is 8.30. The number of aryl methyl sites for hydroxylation is 2. The van der Waals surface area contributed by atoms with E-state index in [4.69, 9.17) is 15.2 Å². The van der Waals surface area contributed by atoms with Crippen LogP contribution in [0.2, 0.25) is 0 Å². The number of nitrogen functional groups attached to an aromatic ring is 1. The summed E-state index contributed by atoms with van der Waals surface area (Å²) in [6.07, 6.45) is -0.463. The van der Waals surface area contributed by atoms with Gasteiger partial charge in [0.05, 0.1) is 17.6 Å². The number of carbonyl (C=O) groups is 1. The third-order valence-corrected chi connectivity index (χ3v) is 4.22. The number of hydrogen-bond donors (Lipinski definition) is 2. The van der Waals surface area contributed by atoms with E-state index in [1.807, 2.05) is 45.9 Å². The third-order valence-electron chi connectivity index (χ3n) is 4.22. The monoisotopic (exact) mass is 443 g/mol. The van der Waals surface area contributed by atoms with Crippen LogP contribution < -0.4 is 15.8 Å². The summed E-state index contributed by atoms with van der Waals surface area (Å²) in [4.78, 5) is 20.7. The van der Waals surface area contributed by atoms with E-state index in [0.29, 0.717) is 24.7 Å². The number of nitrogens with one attached hydrogen (secondary N) is 1. The van der Waals surface area contributed by atoms with Crippen molar-refractivity contribution >= 4 is 33.8 Å². The minimum Gasteiger partial charge on any atom is -0.492 e. The molecule has 8 heteroatoms. The molecule has 0 saturated carbocycles. The SMILES string of the molecule is CC(C)C.CCn1c(C)nc2c(N)nc3cc(OCCNC(=O)OC(C)(C)C)ccc3c21. The zero-order chi connectivity index (χ0) is 24.1. The van der Waals surface area contributed by atoms with E-state index in [-0.39, 0.29) is 0 Å². The van der Waals surface area contributed by atoms with Crippen molar-refractivity contribution in [3.63, 3.8) is 0 Å². The lowest BCUT2D eigenvalue weighted by Crippen LogP contribution is -2.34. The van der Waals surface area contributed by atoms with Crippen LogP contribution in [0.5, 0.6) is 5.75 Å². The molecule has 0 fully saturated rings. The van der Waals surface area contributed by atoms with Crippen molar-refractivity contribution in [3.05, 3.63) is 24.0 Å². The van der Waals surface area contributed by atoms with Gasteiger partial charge in [-0.15, -0.1) is 0 Å². The van der Waals surface area contributed by atoms with Crippen LogP contribution in [0.25, 0.3) is 21.9 Å². The van der Waals surface area contributed by atoms with Crippen molar-refractivity contribution in [2.75, 3.05) is 18.9 Å². The third kappa shape index (κ3) is 6.73. The smallest absolute Gasteiger partial charge is 0.407 e. The van der Waals surface area contributed by atoms with Crippen LogP contribution >= 0.6 is 0 Å². The number of carbonyl (C=O) groups excluding carboxylic acids is 1. The lowest BCUT2D eigenvalue weighted by atomic mass is 10.1. The second kappa shape index (κ2) is 10.5. The quantitative estimate of drug-likeness (QED) is 0.534. The second-order valence-corrected chi connectivity index (χ2v) is 9.29. The summed E-state index contributed by atoms with van der Waals surface area (Å²) in [6.45, 7) is 17.4. The predicted molar refractivity (Wildman–Crippen MR) is 130 cm³/mol. The summed E-state index contributed by atoms with van der Waals surface area (Å²) in [6, 6.07) is 5.70. The number of amides is 1. The normalized spacial score (nSPS) is 11.4. The Morgan fingerprint density at radius 2 is 1.88 bits per heavy atom. The summed E-state index contributed by atoms with van der Waals surface area (Å²) >= 11 is 0. The molecule has 32 heavy (non-hydrogen) atoms.